The van der Waals surface area contributed by atoms with Crippen molar-refractivity contribution in [2.45, 2.75) is 51.4 Å². The molecular formula is C30H35BrN2O2S. The Balaban J connectivity index is 1.82. The molecule has 0 heterocycles. The predicted octanol–water partition coefficient (Wildman–Crippen LogP) is 6.55. The molecule has 1 atom stereocenters. The molecule has 0 saturated heterocycles. The van der Waals surface area contributed by atoms with Crippen LogP contribution >= 0.6 is 27.7 Å². The minimum Gasteiger partial charge on any atom is -0.354 e. The maximum absolute atomic E-state index is 13.7. The summed E-state index contributed by atoms with van der Waals surface area (Å²) < 4.78 is 0.952. The Kier molecular flexibility index (Phi) is 11.6. The van der Waals surface area contributed by atoms with Gasteiger partial charge in [0, 0.05) is 29.7 Å². The Bertz CT molecular complexity index is 1110. The van der Waals surface area contributed by atoms with Gasteiger partial charge in [-0.3, -0.25) is 9.59 Å². The third-order valence-electron chi connectivity index (χ3n) is 5.96. The molecule has 0 bridgehead atoms. The van der Waals surface area contributed by atoms with E-state index in [0.717, 1.165) is 34.2 Å². The van der Waals surface area contributed by atoms with Crippen molar-refractivity contribution in [2.24, 2.45) is 0 Å². The number of hydrogen-bond acceptors (Lipinski definition) is 3. The molecule has 190 valence electrons. The number of amides is 2. The van der Waals surface area contributed by atoms with Crippen molar-refractivity contribution in [2.75, 3.05) is 12.3 Å². The molecule has 0 aliphatic heterocycles. The second-order valence-corrected chi connectivity index (χ2v) is 10.9. The van der Waals surface area contributed by atoms with Crippen LogP contribution in [0.5, 0.6) is 0 Å². The number of halogens is 1. The van der Waals surface area contributed by atoms with Crippen molar-refractivity contribution in [1.82, 2.24) is 10.2 Å². The molecule has 6 heteroatoms. The van der Waals surface area contributed by atoms with Crippen molar-refractivity contribution < 1.29 is 9.59 Å². The zero-order valence-corrected chi connectivity index (χ0v) is 23.5. The third-order valence-corrected chi connectivity index (χ3v) is 7.44. The average molecular weight is 568 g/mol. The lowest BCUT2D eigenvalue weighted by molar-refractivity contribution is -0.139. The van der Waals surface area contributed by atoms with Crippen LogP contribution in [0.25, 0.3) is 0 Å². The predicted molar refractivity (Wildman–Crippen MR) is 154 cm³/mol. The maximum Gasteiger partial charge on any atom is 0.243 e. The number of nitrogens with one attached hydrogen (secondary N) is 1. The summed E-state index contributed by atoms with van der Waals surface area (Å²) >= 11 is 5.12. The molecule has 3 aromatic carbocycles. The number of aryl methyl sites for hydroxylation is 1. The summed E-state index contributed by atoms with van der Waals surface area (Å²) in [4.78, 5) is 28.8. The van der Waals surface area contributed by atoms with Crippen LogP contribution in [0.4, 0.5) is 0 Å². The maximum atomic E-state index is 13.7. The van der Waals surface area contributed by atoms with Gasteiger partial charge in [-0.25, -0.2) is 0 Å². The number of carbonyl (C=O) groups is 2. The summed E-state index contributed by atoms with van der Waals surface area (Å²) in [5.41, 5.74) is 4.43. The summed E-state index contributed by atoms with van der Waals surface area (Å²) in [6, 6.07) is 25.7. The lowest BCUT2D eigenvalue weighted by atomic mass is 10.0. The number of rotatable bonds is 13. The van der Waals surface area contributed by atoms with Crippen molar-refractivity contribution >= 4 is 39.5 Å². The van der Waals surface area contributed by atoms with Crippen LogP contribution in [0.15, 0.2) is 83.3 Å². The summed E-state index contributed by atoms with van der Waals surface area (Å²) in [6.45, 7) is 5.16. The topological polar surface area (TPSA) is 49.4 Å². The van der Waals surface area contributed by atoms with Crippen LogP contribution in [-0.4, -0.2) is 35.1 Å². The molecule has 3 rings (SSSR count). The van der Waals surface area contributed by atoms with Gasteiger partial charge >= 0.3 is 0 Å². The monoisotopic (exact) mass is 566 g/mol. The number of benzene rings is 3. The van der Waals surface area contributed by atoms with Gasteiger partial charge in [-0.05, 0) is 42.2 Å². The normalized spacial score (nSPS) is 11.6. The number of carbonyl (C=O) groups excluding carboxylic acids is 2. The second kappa shape index (κ2) is 14.9. The van der Waals surface area contributed by atoms with E-state index in [2.05, 4.69) is 59.4 Å². The average Bonchev–Trinajstić information content (AvgIpc) is 2.88. The highest BCUT2D eigenvalue weighted by Crippen LogP contribution is 2.20. The van der Waals surface area contributed by atoms with Gasteiger partial charge in [0.2, 0.25) is 11.8 Å². The van der Waals surface area contributed by atoms with E-state index in [1.807, 2.05) is 54.6 Å². The van der Waals surface area contributed by atoms with E-state index >= 15 is 0 Å². The second-order valence-electron chi connectivity index (χ2n) is 8.98. The third kappa shape index (κ3) is 9.14. The fourth-order valence-electron chi connectivity index (χ4n) is 3.92. The fraction of sp³-hybridized carbons (Fsp3) is 0.333. The van der Waals surface area contributed by atoms with E-state index in [1.165, 1.54) is 11.1 Å². The molecule has 3 aromatic rings. The van der Waals surface area contributed by atoms with E-state index in [0.29, 0.717) is 25.3 Å². The van der Waals surface area contributed by atoms with Crippen LogP contribution in [0.3, 0.4) is 0 Å². The van der Waals surface area contributed by atoms with Crippen LogP contribution in [0.2, 0.25) is 0 Å². The summed E-state index contributed by atoms with van der Waals surface area (Å²) in [6.07, 6.45) is 2.39. The highest BCUT2D eigenvalue weighted by atomic mass is 79.9. The standard InChI is InChI=1S/C30H35BrN2O2S/c1-3-4-17-32-30(35)28(19-24-9-6-5-7-10-24)33(20-26-11-8-12-27(31)18-26)29(34)22-36-21-25-15-13-23(2)14-16-25/h5-16,18,28H,3-4,17,19-22H2,1-2H3,(H,32,35)/t28-/m1/s1. The van der Waals surface area contributed by atoms with Crippen molar-refractivity contribution in [3.63, 3.8) is 0 Å². The van der Waals surface area contributed by atoms with Gasteiger partial charge in [-0.2, -0.15) is 0 Å². The highest BCUT2D eigenvalue weighted by Gasteiger charge is 2.30. The largest absolute Gasteiger partial charge is 0.354 e. The van der Waals surface area contributed by atoms with Crippen molar-refractivity contribution in [3.8, 4) is 0 Å². The lowest BCUT2D eigenvalue weighted by Gasteiger charge is -2.31. The number of unbranched alkanes of at least 4 members (excludes halogenated alkanes) is 1. The van der Waals surface area contributed by atoms with Crippen LogP contribution in [0, 0.1) is 6.92 Å². The molecule has 2 amide bonds. The lowest BCUT2D eigenvalue weighted by Crippen LogP contribution is -2.51. The minimum atomic E-state index is -0.587. The fourth-order valence-corrected chi connectivity index (χ4v) is 5.23. The smallest absolute Gasteiger partial charge is 0.243 e. The first-order chi connectivity index (χ1) is 17.5. The molecule has 0 radical (unpaired) electrons. The Morgan fingerprint density at radius 2 is 1.67 bits per heavy atom. The SMILES string of the molecule is CCCCNC(=O)[C@@H](Cc1ccccc1)N(Cc1cccc(Br)c1)C(=O)CSCc1ccc(C)cc1. The molecule has 0 aromatic heterocycles. The Hall–Kier alpha value is -2.57. The number of thioether (sulfide) groups is 1. The van der Waals surface area contributed by atoms with Crippen molar-refractivity contribution in [1.29, 1.82) is 0 Å². The van der Waals surface area contributed by atoms with Gasteiger partial charge < -0.3 is 10.2 Å². The van der Waals surface area contributed by atoms with Gasteiger partial charge in [0.25, 0.3) is 0 Å². The summed E-state index contributed by atoms with van der Waals surface area (Å²) in [5.74, 6) is 0.941. The Labute approximate surface area is 228 Å². The van der Waals surface area contributed by atoms with Crippen LogP contribution < -0.4 is 5.32 Å². The molecule has 0 fully saturated rings. The van der Waals surface area contributed by atoms with Crippen LogP contribution in [0.1, 0.15) is 42.0 Å². The van der Waals surface area contributed by atoms with Gasteiger partial charge in [-0.1, -0.05) is 102 Å². The zero-order valence-electron chi connectivity index (χ0n) is 21.1. The molecule has 0 unspecified atom stereocenters. The first kappa shape index (κ1) is 28.0. The minimum absolute atomic E-state index is 0.0290. The molecule has 1 N–H and O–H groups in total. The summed E-state index contributed by atoms with van der Waals surface area (Å²) in [7, 11) is 0. The number of nitrogens with zero attached hydrogens (tertiary/aromatic N) is 1. The van der Waals surface area contributed by atoms with E-state index in [4.69, 9.17) is 0 Å². The van der Waals surface area contributed by atoms with E-state index < -0.39 is 6.04 Å². The first-order valence-electron chi connectivity index (χ1n) is 12.4. The molecule has 0 aliphatic rings. The molecular weight excluding hydrogens is 532 g/mol. The highest BCUT2D eigenvalue weighted by molar-refractivity contribution is 9.10. The molecule has 36 heavy (non-hydrogen) atoms. The van der Waals surface area contributed by atoms with Gasteiger partial charge in [0.1, 0.15) is 6.04 Å². The Morgan fingerprint density at radius 1 is 0.944 bits per heavy atom. The quantitative estimate of drug-likeness (QED) is 0.239. The zero-order chi connectivity index (χ0) is 25.8. The van der Waals surface area contributed by atoms with Gasteiger partial charge in [0.05, 0.1) is 5.75 Å². The Morgan fingerprint density at radius 3 is 2.36 bits per heavy atom. The summed E-state index contributed by atoms with van der Waals surface area (Å²) in [5, 5.41) is 3.07. The molecule has 0 aliphatic carbocycles. The van der Waals surface area contributed by atoms with E-state index in [9.17, 15) is 9.59 Å². The molecule has 4 nitrogen and oxygen atoms in total. The van der Waals surface area contributed by atoms with E-state index in [1.54, 1.807) is 16.7 Å². The molecule has 0 spiro atoms. The van der Waals surface area contributed by atoms with Gasteiger partial charge in [0.15, 0.2) is 0 Å². The van der Waals surface area contributed by atoms with Crippen molar-refractivity contribution in [3.05, 3.63) is 106 Å². The molecule has 0 saturated carbocycles. The first-order valence-corrected chi connectivity index (χ1v) is 14.4. The number of hydrogen-bond donors (Lipinski definition) is 1. The van der Waals surface area contributed by atoms with Gasteiger partial charge in [-0.15, -0.1) is 11.8 Å². The van der Waals surface area contributed by atoms with E-state index in [-0.39, 0.29) is 11.8 Å². The van der Waals surface area contributed by atoms with Crippen LogP contribution in [-0.2, 0) is 28.3 Å².